The molecular formula is C17H31N3S. The van der Waals surface area contributed by atoms with E-state index in [1.54, 1.807) is 11.3 Å². The second-order valence-corrected chi connectivity index (χ2v) is 8.49. The maximum atomic E-state index is 5.84. The van der Waals surface area contributed by atoms with Gasteiger partial charge in [-0.25, -0.2) is 4.98 Å². The van der Waals surface area contributed by atoms with Gasteiger partial charge in [-0.2, -0.15) is 0 Å². The zero-order chi connectivity index (χ0) is 15.5. The average molecular weight is 310 g/mol. The Morgan fingerprint density at radius 3 is 2.48 bits per heavy atom. The number of nitrogens with zero attached hydrogens (tertiary/aromatic N) is 1. The van der Waals surface area contributed by atoms with Crippen LogP contribution in [0.4, 0.5) is 0 Å². The predicted octanol–water partition coefficient (Wildman–Crippen LogP) is 4.03. The molecule has 0 amide bonds. The van der Waals surface area contributed by atoms with Crippen LogP contribution in [0.1, 0.15) is 70.5 Å². The van der Waals surface area contributed by atoms with E-state index in [4.69, 9.17) is 10.8 Å². The normalized spacial score (nSPS) is 25.0. The van der Waals surface area contributed by atoms with Crippen molar-refractivity contribution in [2.45, 2.75) is 77.7 Å². The van der Waals surface area contributed by atoms with E-state index in [0.717, 1.165) is 12.3 Å². The molecule has 0 aliphatic heterocycles. The molecule has 3 nitrogen and oxygen atoms in total. The molecule has 1 aromatic rings. The summed E-state index contributed by atoms with van der Waals surface area (Å²) in [6, 6.07) is 0.377. The Labute approximate surface area is 133 Å². The van der Waals surface area contributed by atoms with Crippen LogP contribution < -0.4 is 11.3 Å². The smallest absolute Gasteiger partial charge is 0.0944 e. The Kier molecular flexibility index (Phi) is 5.81. The highest BCUT2D eigenvalue weighted by atomic mass is 32.1. The number of thiazole rings is 1. The van der Waals surface area contributed by atoms with Crippen molar-refractivity contribution in [3.63, 3.8) is 0 Å². The Bertz CT molecular complexity index is 427. The molecule has 1 aliphatic carbocycles. The van der Waals surface area contributed by atoms with Gasteiger partial charge in [-0.15, -0.1) is 11.3 Å². The van der Waals surface area contributed by atoms with E-state index < -0.39 is 0 Å². The van der Waals surface area contributed by atoms with Crippen molar-refractivity contribution >= 4 is 11.3 Å². The van der Waals surface area contributed by atoms with Gasteiger partial charge in [-0.3, -0.25) is 11.3 Å². The first kappa shape index (κ1) is 16.9. The molecule has 4 heteroatoms. The second-order valence-electron chi connectivity index (χ2n) is 7.54. The van der Waals surface area contributed by atoms with E-state index in [-0.39, 0.29) is 5.41 Å². The van der Waals surface area contributed by atoms with Gasteiger partial charge in [0.1, 0.15) is 0 Å². The minimum atomic E-state index is 0.138. The van der Waals surface area contributed by atoms with E-state index in [9.17, 15) is 0 Å². The van der Waals surface area contributed by atoms with Gasteiger partial charge in [-0.05, 0) is 24.7 Å². The van der Waals surface area contributed by atoms with Crippen molar-refractivity contribution in [3.05, 3.63) is 16.1 Å². The van der Waals surface area contributed by atoms with Crippen LogP contribution in [0.25, 0.3) is 0 Å². The number of hydrazine groups is 1. The molecule has 2 rings (SSSR count). The molecule has 21 heavy (non-hydrogen) atoms. The molecule has 1 aromatic heterocycles. The monoisotopic (exact) mass is 309 g/mol. The van der Waals surface area contributed by atoms with Crippen LogP contribution in [-0.4, -0.2) is 11.0 Å². The number of rotatable bonds is 5. The summed E-state index contributed by atoms with van der Waals surface area (Å²) in [5, 5.41) is 3.43. The van der Waals surface area contributed by atoms with Gasteiger partial charge < -0.3 is 0 Å². The van der Waals surface area contributed by atoms with E-state index >= 15 is 0 Å². The molecule has 3 N–H and O–H groups in total. The van der Waals surface area contributed by atoms with Gasteiger partial charge in [0.05, 0.1) is 10.7 Å². The second kappa shape index (κ2) is 7.21. The third-order valence-electron chi connectivity index (χ3n) is 4.97. The fourth-order valence-corrected chi connectivity index (χ4v) is 4.38. The summed E-state index contributed by atoms with van der Waals surface area (Å²) in [4.78, 5) is 4.82. The van der Waals surface area contributed by atoms with Crippen LogP contribution in [0.2, 0.25) is 0 Å². The molecular weight excluding hydrogens is 278 g/mol. The predicted molar refractivity (Wildman–Crippen MR) is 91.4 cm³/mol. The Morgan fingerprint density at radius 2 is 2.00 bits per heavy atom. The van der Waals surface area contributed by atoms with Crippen molar-refractivity contribution in [3.8, 4) is 0 Å². The molecule has 120 valence electrons. The lowest BCUT2D eigenvalue weighted by molar-refractivity contribution is 0.217. The van der Waals surface area contributed by atoms with Gasteiger partial charge in [0.15, 0.2) is 0 Å². The van der Waals surface area contributed by atoms with Crippen molar-refractivity contribution in [2.75, 3.05) is 0 Å². The van der Waals surface area contributed by atoms with Crippen molar-refractivity contribution < 1.29 is 0 Å². The maximum absolute atomic E-state index is 5.84. The molecule has 1 aliphatic rings. The highest BCUT2D eigenvalue weighted by Gasteiger charge is 2.27. The summed E-state index contributed by atoms with van der Waals surface area (Å²) >= 11 is 1.78. The molecule has 1 saturated carbocycles. The summed E-state index contributed by atoms with van der Waals surface area (Å²) in [5.74, 6) is 7.48. The minimum Gasteiger partial charge on any atom is -0.271 e. The maximum Gasteiger partial charge on any atom is 0.0944 e. The summed E-state index contributed by atoms with van der Waals surface area (Å²) in [7, 11) is 0. The summed E-state index contributed by atoms with van der Waals surface area (Å²) < 4.78 is 0. The van der Waals surface area contributed by atoms with Gasteiger partial charge >= 0.3 is 0 Å². The molecule has 0 aromatic carbocycles. The van der Waals surface area contributed by atoms with E-state index in [0.29, 0.717) is 12.0 Å². The summed E-state index contributed by atoms with van der Waals surface area (Å²) in [5.41, 5.74) is 4.41. The first-order chi connectivity index (χ1) is 9.94. The Hall–Kier alpha value is -0.450. The fraction of sp³-hybridized carbons (Fsp3) is 0.824. The first-order valence-corrected chi connectivity index (χ1v) is 9.23. The SMILES string of the molecule is CCC1CCC(C(Cc2nc(C(C)(C)C)cs2)NN)CC1. The van der Waals surface area contributed by atoms with Crippen LogP contribution in [0.3, 0.4) is 0 Å². The van der Waals surface area contributed by atoms with Gasteiger partial charge in [0.25, 0.3) is 0 Å². The molecule has 0 bridgehead atoms. The topological polar surface area (TPSA) is 50.9 Å². The minimum absolute atomic E-state index is 0.138. The lowest BCUT2D eigenvalue weighted by atomic mass is 9.77. The summed E-state index contributed by atoms with van der Waals surface area (Å²) in [6.45, 7) is 8.97. The number of aromatic nitrogens is 1. The highest BCUT2D eigenvalue weighted by Crippen LogP contribution is 2.33. The third kappa shape index (κ3) is 4.51. The number of hydrogen-bond donors (Lipinski definition) is 2. The molecule has 0 spiro atoms. The zero-order valence-corrected chi connectivity index (χ0v) is 14.8. The van der Waals surface area contributed by atoms with Gasteiger partial charge in [-0.1, -0.05) is 47.0 Å². The standard InChI is InChI=1S/C17H31N3S/c1-5-12-6-8-13(9-7-12)14(20-18)10-16-19-15(11-21-16)17(2,3)4/h11-14,20H,5-10,18H2,1-4H3. The molecule has 1 fully saturated rings. The Morgan fingerprint density at radius 1 is 1.33 bits per heavy atom. The summed E-state index contributed by atoms with van der Waals surface area (Å²) in [6.07, 6.45) is 7.65. The first-order valence-electron chi connectivity index (χ1n) is 8.35. The third-order valence-corrected chi connectivity index (χ3v) is 5.84. The van der Waals surface area contributed by atoms with Crippen LogP contribution in [0.5, 0.6) is 0 Å². The van der Waals surface area contributed by atoms with Crippen LogP contribution >= 0.6 is 11.3 Å². The number of nitrogens with one attached hydrogen (secondary N) is 1. The Balaban J connectivity index is 1.95. The van der Waals surface area contributed by atoms with Crippen molar-refractivity contribution in [1.29, 1.82) is 0 Å². The van der Waals surface area contributed by atoms with E-state index in [1.807, 2.05) is 0 Å². The quantitative estimate of drug-likeness (QED) is 0.638. The lowest BCUT2D eigenvalue weighted by Crippen LogP contribution is -2.43. The van der Waals surface area contributed by atoms with Crippen LogP contribution in [0, 0.1) is 11.8 Å². The van der Waals surface area contributed by atoms with Gasteiger partial charge in [0.2, 0.25) is 0 Å². The van der Waals surface area contributed by atoms with Crippen LogP contribution in [0.15, 0.2) is 5.38 Å². The van der Waals surface area contributed by atoms with Crippen molar-refractivity contribution in [2.24, 2.45) is 17.7 Å². The number of hydrogen-bond acceptors (Lipinski definition) is 4. The van der Waals surface area contributed by atoms with E-state index in [1.165, 1.54) is 42.8 Å². The van der Waals surface area contributed by atoms with Gasteiger partial charge in [0, 0.05) is 23.3 Å². The molecule has 1 atom stereocenters. The lowest BCUT2D eigenvalue weighted by Gasteiger charge is -2.33. The molecule has 1 unspecified atom stereocenters. The van der Waals surface area contributed by atoms with Crippen LogP contribution in [-0.2, 0) is 11.8 Å². The average Bonchev–Trinajstić information content (AvgIpc) is 2.93. The largest absolute Gasteiger partial charge is 0.271 e. The molecule has 1 heterocycles. The molecule has 0 radical (unpaired) electrons. The van der Waals surface area contributed by atoms with Crippen molar-refractivity contribution in [1.82, 2.24) is 10.4 Å². The zero-order valence-electron chi connectivity index (χ0n) is 14.0. The fourth-order valence-electron chi connectivity index (χ4n) is 3.30. The van der Waals surface area contributed by atoms with E-state index in [2.05, 4.69) is 38.5 Å². The number of nitrogens with two attached hydrogens (primary N) is 1. The molecule has 0 saturated heterocycles. The highest BCUT2D eigenvalue weighted by molar-refractivity contribution is 7.09.